The number of hydrogen-bond donors (Lipinski definition) is 2. The molecule has 7 heteroatoms. The van der Waals surface area contributed by atoms with Crippen LogP contribution in [0.4, 0.5) is 5.82 Å². The molecule has 102 valence electrons. The maximum atomic E-state index is 6.14. The van der Waals surface area contributed by atoms with Gasteiger partial charge in [0.25, 0.3) is 0 Å². The van der Waals surface area contributed by atoms with Crippen molar-refractivity contribution in [3.8, 4) is 0 Å². The Morgan fingerprint density at radius 2 is 2.26 bits per heavy atom. The van der Waals surface area contributed by atoms with E-state index in [1.807, 2.05) is 7.05 Å². The highest BCUT2D eigenvalue weighted by molar-refractivity contribution is 9.11. The van der Waals surface area contributed by atoms with Gasteiger partial charge in [0.05, 0.1) is 14.5 Å². The van der Waals surface area contributed by atoms with Gasteiger partial charge in [-0.2, -0.15) is 0 Å². The average Bonchev–Trinajstić information content (AvgIpc) is 2.77. The lowest BCUT2D eigenvalue weighted by Crippen LogP contribution is -2.19. The predicted molar refractivity (Wildman–Crippen MR) is 84.2 cm³/mol. The molecule has 0 amide bonds. The van der Waals surface area contributed by atoms with Crippen LogP contribution in [0.3, 0.4) is 0 Å². The Morgan fingerprint density at radius 1 is 1.47 bits per heavy atom. The summed E-state index contributed by atoms with van der Waals surface area (Å²) in [5, 5.41) is 2.78. The zero-order valence-electron chi connectivity index (χ0n) is 10.4. The van der Waals surface area contributed by atoms with E-state index in [4.69, 9.17) is 17.4 Å². The van der Waals surface area contributed by atoms with Crippen molar-refractivity contribution in [3.05, 3.63) is 43.6 Å². The topological polar surface area (TPSA) is 54.2 Å². The van der Waals surface area contributed by atoms with Crippen molar-refractivity contribution in [2.24, 2.45) is 5.84 Å². The molecule has 0 aliphatic rings. The van der Waals surface area contributed by atoms with Crippen molar-refractivity contribution >= 4 is 44.7 Å². The van der Waals surface area contributed by atoms with Gasteiger partial charge in [-0.25, -0.2) is 10.8 Å². The Balaban J connectivity index is 2.03. The van der Waals surface area contributed by atoms with E-state index in [2.05, 4.69) is 42.7 Å². The van der Waals surface area contributed by atoms with Crippen LogP contribution < -0.4 is 11.3 Å². The van der Waals surface area contributed by atoms with E-state index in [9.17, 15) is 0 Å². The van der Waals surface area contributed by atoms with Crippen LogP contribution in [0.5, 0.6) is 0 Å². The Kier molecular flexibility index (Phi) is 5.18. The minimum Gasteiger partial charge on any atom is -0.308 e. The first-order valence-electron chi connectivity index (χ1n) is 5.62. The Bertz CT molecular complexity index is 560. The highest BCUT2D eigenvalue weighted by atomic mass is 79.9. The Morgan fingerprint density at radius 3 is 2.89 bits per heavy atom. The SMILES string of the molecule is CN(Cc1csc(Br)c1)Cc1nc(NN)ccc1Cl. The molecule has 3 N–H and O–H groups in total. The fourth-order valence-electron chi connectivity index (χ4n) is 1.73. The van der Waals surface area contributed by atoms with E-state index in [0.717, 1.165) is 16.0 Å². The summed E-state index contributed by atoms with van der Waals surface area (Å²) in [4.78, 5) is 6.52. The van der Waals surface area contributed by atoms with E-state index in [-0.39, 0.29) is 0 Å². The van der Waals surface area contributed by atoms with Crippen LogP contribution >= 0.6 is 38.9 Å². The Labute approximate surface area is 129 Å². The number of thiophene rings is 1. The van der Waals surface area contributed by atoms with Crippen molar-refractivity contribution in [3.63, 3.8) is 0 Å². The predicted octanol–water partition coefficient (Wildman–Crippen LogP) is 3.48. The first-order chi connectivity index (χ1) is 9.08. The molecule has 0 radical (unpaired) electrons. The maximum Gasteiger partial charge on any atom is 0.140 e. The molecule has 0 bridgehead atoms. The van der Waals surface area contributed by atoms with E-state index >= 15 is 0 Å². The lowest BCUT2D eigenvalue weighted by atomic mass is 10.3. The minimum absolute atomic E-state index is 0.617. The van der Waals surface area contributed by atoms with Crippen molar-refractivity contribution in [2.45, 2.75) is 13.1 Å². The van der Waals surface area contributed by atoms with Gasteiger partial charge >= 0.3 is 0 Å². The van der Waals surface area contributed by atoms with Crippen LogP contribution in [-0.4, -0.2) is 16.9 Å². The quantitative estimate of drug-likeness (QED) is 0.632. The Hall–Kier alpha value is -0.660. The second-order valence-electron chi connectivity index (χ2n) is 4.20. The number of pyridine rings is 1. The minimum atomic E-state index is 0.617. The fraction of sp³-hybridized carbons (Fsp3) is 0.250. The van der Waals surface area contributed by atoms with Gasteiger partial charge < -0.3 is 5.43 Å². The number of rotatable bonds is 5. The van der Waals surface area contributed by atoms with Crippen LogP contribution in [0.1, 0.15) is 11.3 Å². The van der Waals surface area contributed by atoms with E-state index in [0.29, 0.717) is 17.4 Å². The number of nitrogen functional groups attached to an aromatic ring is 1. The molecule has 0 aliphatic heterocycles. The second-order valence-corrected chi connectivity index (χ2v) is 6.90. The number of nitrogens with zero attached hydrogens (tertiary/aromatic N) is 2. The third-order valence-electron chi connectivity index (χ3n) is 2.56. The zero-order valence-corrected chi connectivity index (χ0v) is 13.5. The third-order valence-corrected chi connectivity index (χ3v) is 4.46. The van der Waals surface area contributed by atoms with Crippen molar-refractivity contribution < 1.29 is 0 Å². The number of halogens is 2. The number of hydrazine groups is 1. The molecule has 4 nitrogen and oxygen atoms in total. The summed E-state index contributed by atoms with van der Waals surface area (Å²) in [5.74, 6) is 5.97. The van der Waals surface area contributed by atoms with Gasteiger partial charge in [0.15, 0.2) is 0 Å². The number of anilines is 1. The summed E-state index contributed by atoms with van der Waals surface area (Å²) in [5.41, 5.74) is 4.61. The molecular weight excluding hydrogens is 348 g/mol. The summed E-state index contributed by atoms with van der Waals surface area (Å²) in [6.07, 6.45) is 0. The molecule has 0 atom stereocenters. The summed E-state index contributed by atoms with van der Waals surface area (Å²) in [6, 6.07) is 5.67. The molecule has 2 aromatic rings. The number of aromatic nitrogens is 1. The zero-order chi connectivity index (χ0) is 13.8. The molecule has 0 aromatic carbocycles. The lowest BCUT2D eigenvalue weighted by Gasteiger charge is -2.16. The van der Waals surface area contributed by atoms with Crippen molar-refractivity contribution in [1.82, 2.24) is 9.88 Å². The highest BCUT2D eigenvalue weighted by Gasteiger charge is 2.08. The van der Waals surface area contributed by atoms with Gasteiger partial charge in [0.1, 0.15) is 5.82 Å². The van der Waals surface area contributed by atoms with Crippen LogP contribution in [0, 0.1) is 0 Å². The first kappa shape index (κ1) is 14.7. The number of hydrogen-bond acceptors (Lipinski definition) is 5. The summed E-state index contributed by atoms with van der Waals surface area (Å²) in [6.45, 7) is 1.52. The molecular formula is C12H14BrClN4S. The lowest BCUT2D eigenvalue weighted by molar-refractivity contribution is 0.315. The van der Waals surface area contributed by atoms with Crippen molar-refractivity contribution in [2.75, 3.05) is 12.5 Å². The summed E-state index contributed by atoms with van der Waals surface area (Å²) in [7, 11) is 2.03. The molecule has 2 rings (SSSR count). The molecule has 19 heavy (non-hydrogen) atoms. The first-order valence-corrected chi connectivity index (χ1v) is 7.67. The molecule has 0 fully saturated rings. The second kappa shape index (κ2) is 6.67. The van der Waals surface area contributed by atoms with E-state index in [1.165, 1.54) is 5.56 Å². The van der Waals surface area contributed by atoms with Gasteiger partial charge in [-0.05, 0) is 52.1 Å². The van der Waals surface area contributed by atoms with Gasteiger partial charge in [-0.3, -0.25) is 4.90 Å². The number of nitrogens with two attached hydrogens (primary N) is 1. The third kappa shape index (κ3) is 4.15. The van der Waals surface area contributed by atoms with E-state index in [1.54, 1.807) is 23.5 Å². The summed E-state index contributed by atoms with van der Waals surface area (Å²) < 4.78 is 1.14. The van der Waals surface area contributed by atoms with Gasteiger partial charge in [-0.15, -0.1) is 11.3 Å². The van der Waals surface area contributed by atoms with Gasteiger partial charge in [0.2, 0.25) is 0 Å². The molecule has 2 aromatic heterocycles. The normalized spacial score (nSPS) is 11.0. The average molecular weight is 362 g/mol. The molecule has 0 saturated carbocycles. The van der Waals surface area contributed by atoms with Crippen LogP contribution in [-0.2, 0) is 13.1 Å². The van der Waals surface area contributed by atoms with E-state index < -0.39 is 0 Å². The highest BCUT2D eigenvalue weighted by Crippen LogP contribution is 2.23. The maximum absolute atomic E-state index is 6.14. The number of nitrogens with one attached hydrogen (secondary N) is 1. The van der Waals surface area contributed by atoms with Crippen LogP contribution in [0.25, 0.3) is 0 Å². The van der Waals surface area contributed by atoms with Crippen molar-refractivity contribution in [1.29, 1.82) is 0 Å². The smallest absolute Gasteiger partial charge is 0.140 e. The molecule has 0 unspecified atom stereocenters. The monoisotopic (exact) mass is 360 g/mol. The molecule has 0 aliphatic carbocycles. The van der Waals surface area contributed by atoms with Gasteiger partial charge in [-0.1, -0.05) is 11.6 Å². The fourth-order valence-corrected chi connectivity index (χ4v) is 3.09. The van der Waals surface area contributed by atoms with Crippen LogP contribution in [0.2, 0.25) is 5.02 Å². The standard InChI is InChI=1S/C12H14BrClN4S/c1-18(5-8-4-11(13)19-7-8)6-10-9(14)2-3-12(16-10)17-15/h2-4,7H,5-6,15H2,1H3,(H,16,17). The largest absolute Gasteiger partial charge is 0.308 e. The molecule has 2 heterocycles. The van der Waals surface area contributed by atoms with Crippen LogP contribution in [0.15, 0.2) is 27.4 Å². The van der Waals surface area contributed by atoms with Gasteiger partial charge in [0, 0.05) is 13.1 Å². The molecule has 0 spiro atoms. The summed E-state index contributed by atoms with van der Waals surface area (Å²) >= 11 is 11.3. The molecule has 0 saturated heterocycles.